The van der Waals surface area contributed by atoms with Crippen LogP contribution in [0.5, 0.6) is 0 Å². The lowest BCUT2D eigenvalue weighted by Gasteiger charge is -2.14. The molecule has 5 nitrogen and oxygen atoms in total. The van der Waals surface area contributed by atoms with E-state index in [1.54, 1.807) is 38.2 Å². The number of rotatable bonds is 4. The first-order valence-corrected chi connectivity index (χ1v) is 8.63. The zero-order valence-corrected chi connectivity index (χ0v) is 14.8. The molecular weight excluding hydrogens is 360 g/mol. The summed E-state index contributed by atoms with van der Waals surface area (Å²) in [6.07, 6.45) is 0. The number of anilines is 1. The van der Waals surface area contributed by atoms with Gasteiger partial charge in [0.2, 0.25) is 5.91 Å². The number of hydrogen-bond donors (Lipinski definition) is 1. The molecule has 0 fully saturated rings. The second-order valence-electron chi connectivity index (χ2n) is 5.65. The van der Waals surface area contributed by atoms with Crippen molar-refractivity contribution in [2.45, 2.75) is 17.3 Å². The molecule has 0 saturated heterocycles. The number of para-hydroxylation sites is 1. The van der Waals surface area contributed by atoms with Gasteiger partial charge in [-0.3, -0.25) is 14.2 Å². The molecule has 0 saturated carbocycles. The molecule has 0 aliphatic rings. The van der Waals surface area contributed by atoms with Crippen molar-refractivity contribution < 1.29 is 13.6 Å². The largest absolute Gasteiger partial charge is 0.323 e. The molecule has 1 heterocycles. The predicted octanol–water partition coefficient (Wildman–Crippen LogP) is 3.33. The molecule has 3 rings (SSSR count). The Morgan fingerprint density at radius 3 is 2.69 bits per heavy atom. The van der Waals surface area contributed by atoms with Crippen molar-refractivity contribution in [3.8, 4) is 0 Å². The smallest absolute Gasteiger partial charge is 0.261 e. The zero-order valence-electron chi connectivity index (χ0n) is 14.0. The van der Waals surface area contributed by atoms with Gasteiger partial charge in [-0.2, -0.15) is 0 Å². The summed E-state index contributed by atoms with van der Waals surface area (Å²) < 4.78 is 28.0. The van der Waals surface area contributed by atoms with Crippen LogP contribution in [0.4, 0.5) is 14.5 Å². The van der Waals surface area contributed by atoms with E-state index in [9.17, 15) is 18.4 Å². The quantitative estimate of drug-likeness (QED) is 0.561. The molecule has 3 aromatic rings. The fraction of sp³-hybridized carbons (Fsp3) is 0.167. The van der Waals surface area contributed by atoms with Gasteiger partial charge in [0.1, 0.15) is 11.6 Å². The van der Waals surface area contributed by atoms with Crippen molar-refractivity contribution in [2.75, 3.05) is 5.32 Å². The van der Waals surface area contributed by atoms with Crippen LogP contribution in [0.15, 0.2) is 52.4 Å². The zero-order chi connectivity index (χ0) is 18.8. The van der Waals surface area contributed by atoms with Crippen LogP contribution >= 0.6 is 11.8 Å². The van der Waals surface area contributed by atoms with Crippen molar-refractivity contribution in [3.05, 3.63) is 64.5 Å². The summed E-state index contributed by atoms with van der Waals surface area (Å²) in [7, 11) is 1.58. The monoisotopic (exact) mass is 375 g/mol. The lowest BCUT2D eigenvalue weighted by Crippen LogP contribution is -2.26. The molecule has 1 atom stereocenters. The molecule has 0 aliphatic carbocycles. The van der Waals surface area contributed by atoms with E-state index in [-0.39, 0.29) is 11.2 Å². The minimum atomic E-state index is -0.855. The summed E-state index contributed by atoms with van der Waals surface area (Å²) in [6.45, 7) is 1.61. The standard InChI is InChI=1S/C18H15F2N3O2S/c1-10(16(24)21-15-8-7-11(19)9-13(15)20)26-18-22-14-6-4-3-5-12(14)17(25)23(18)2/h3-10H,1-2H3,(H,21,24). The Morgan fingerprint density at radius 1 is 1.23 bits per heavy atom. The highest BCUT2D eigenvalue weighted by atomic mass is 32.2. The molecule has 0 aliphatic heterocycles. The molecule has 1 unspecified atom stereocenters. The van der Waals surface area contributed by atoms with Crippen molar-refractivity contribution in [1.29, 1.82) is 0 Å². The van der Waals surface area contributed by atoms with E-state index in [0.29, 0.717) is 22.1 Å². The molecule has 26 heavy (non-hydrogen) atoms. The molecule has 2 aromatic carbocycles. The number of aromatic nitrogens is 2. The van der Waals surface area contributed by atoms with Crippen LogP contribution in [0.2, 0.25) is 0 Å². The number of amides is 1. The number of fused-ring (bicyclic) bond motifs is 1. The number of nitrogens with one attached hydrogen (secondary N) is 1. The molecule has 1 amide bonds. The highest BCUT2D eigenvalue weighted by Crippen LogP contribution is 2.23. The number of hydrogen-bond acceptors (Lipinski definition) is 4. The molecule has 1 N–H and O–H groups in total. The maximum Gasteiger partial charge on any atom is 0.261 e. The van der Waals surface area contributed by atoms with Gasteiger partial charge >= 0.3 is 0 Å². The van der Waals surface area contributed by atoms with E-state index in [2.05, 4.69) is 10.3 Å². The summed E-state index contributed by atoms with van der Waals surface area (Å²) in [5.74, 6) is -2.06. The summed E-state index contributed by atoms with van der Waals surface area (Å²) in [5, 5.41) is 2.62. The Labute approximate surface area is 152 Å². The van der Waals surface area contributed by atoms with Crippen LogP contribution in [-0.4, -0.2) is 20.7 Å². The topological polar surface area (TPSA) is 64.0 Å². The van der Waals surface area contributed by atoms with Gasteiger partial charge in [0.15, 0.2) is 5.16 Å². The fourth-order valence-corrected chi connectivity index (χ4v) is 3.21. The van der Waals surface area contributed by atoms with Crippen molar-refractivity contribution in [3.63, 3.8) is 0 Å². The van der Waals surface area contributed by atoms with Gasteiger partial charge < -0.3 is 5.32 Å². The summed E-state index contributed by atoms with van der Waals surface area (Å²) in [5.41, 5.74) is 0.217. The van der Waals surface area contributed by atoms with E-state index >= 15 is 0 Å². The minimum absolute atomic E-state index is 0.107. The lowest BCUT2D eigenvalue weighted by atomic mass is 10.2. The predicted molar refractivity (Wildman–Crippen MR) is 97.3 cm³/mol. The second kappa shape index (κ2) is 7.25. The Bertz CT molecular complexity index is 1050. The minimum Gasteiger partial charge on any atom is -0.323 e. The Hall–Kier alpha value is -2.74. The summed E-state index contributed by atoms with van der Waals surface area (Å²) in [4.78, 5) is 29.1. The normalized spacial score (nSPS) is 12.2. The number of carbonyl (C=O) groups is 1. The second-order valence-corrected chi connectivity index (χ2v) is 6.96. The van der Waals surface area contributed by atoms with Crippen LogP contribution in [0.3, 0.4) is 0 Å². The first kappa shape index (κ1) is 18.1. The van der Waals surface area contributed by atoms with E-state index in [4.69, 9.17) is 0 Å². The number of carbonyl (C=O) groups excluding carboxylic acids is 1. The van der Waals surface area contributed by atoms with Crippen LogP contribution in [0.25, 0.3) is 10.9 Å². The van der Waals surface area contributed by atoms with Gasteiger partial charge in [-0.1, -0.05) is 23.9 Å². The molecule has 0 spiro atoms. The van der Waals surface area contributed by atoms with Crippen LogP contribution in [0, 0.1) is 11.6 Å². The molecule has 0 radical (unpaired) electrons. The summed E-state index contributed by atoms with van der Waals surface area (Å²) >= 11 is 1.08. The Kier molecular flexibility index (Phi) is 5.03. The fourth-order valence-electron chi connectivity index (χ4n) is 2.34. The van der Waals surface area contributed by atoms with Gasteiger partial charge in [0, 0.05) is 13.1 Å². The molecule has 134 valence electrons. The van der Waals surface area contributed by atoms with Gasteiger partial charge in [-0.25, -0.2) is 13.8 Å². The van der Waals surface area contributed by atoms with Crippen molar-refractivity contribution >= 4 is 34.3 Å². The summed E-state index contributed by atoms with van der Waals surface area (Å²) in [6, 6.07) is 9.85. The van der Waals surface area contributed by atoms with E-state index in [1.807, 2.05) is 0 Å². The van der Waals surface area contributed by atoms with Gasteiger partial charge in [-0.05, 0) is 31.2 Å². The number of benzene rings is 2. The first-order chi connectivity index (χ1) is 12.4. The molecule has 0 bridgehead atoms. The SMILES string of the molecule is CC(Sc1nc2ccccc2c(=O)n1C)C(=O)Nc1ccc(F)cc1F. The third-order valence-corrected chi connectivity index (χ3v) is 4.93. The lowest BCUT2D eigenvalue weighted by molar-refractivity contribution is -0.115. The number of thioether (sulfide) groups is 1. The third-order valence-electron chi connectivity index (χ3n) is 3.78. The molecule has 1 aromatic heterocycles. The maximum atomic E-state index is 13.7. The van der Waals surface area contributed by atoms with E-state index in [1.165, 1.54) is 4.57 Å². The van der Waals surface area contributed by atoms with Crippen LogP contribution in [-0.2, 0) is 11.8 Å². The number of nitrogens with zero attached hydrogens (tertiary/aromatic N) is 2. The van der Waals surface area contributed by atoms with Gasteiger partial charge in [0.25, 0.3) is 5.56 Å². The average molecular weight is 375 g/mol. The van der Waals surface area contributed by atoms with Crippen LogP contribution in [0.1, 0.15) is 6.92 Å². The van der Waals surface area contributed by atoms with Gasteiger partial charge in [-0.15, -0.1) is 0 Å². The third kappa shape index (κ3) is 3.60. The van der Waals surface area contributed by atoms with Crippen molar-refractivity contribution in [2.24, 2.45) is 7.05 Å². The van der Waals surface area contributed by atoms with E-state index < -0.39 is 22.8 Å². The molecular formula is C18H15F2N3O2S. The van der Waals surface area contributed by atoms with Gasteiger partial charge in [0.05, 0.1) is 21.8 Å². The number of halogens is 2. The maximum absolute atomic E-state index is 13.7. The van der Waals surface area contributed by atoms with E-state index in [0.717, 1.165) is 23.9 Å². The van der Waals surface area contributed by atoms with Crippen molar-refractivity contribution in [1.82, 2.24) is 9.55 Å². The average Bonchev–Trinajstić information content (AvgIpc) is 2.61. The highest BCUT2D eigenvalue weighted by Gasteiger charge is 2.19. The Balaban J connectivity index is 1.82. The Morgan fingerprint density at radius 2 is 1.96 bits per heavy atom. The first-order valence-electron chi connectivity index (χ1n) is 7.75. The highest BCUT2D eigenvalue weighted by molar-refractivity contribution is 8.00. The van der Waals surface area contributed by atoms with Crippen LogP contribution < -0.4 is 10.9 Å². The molecule has 8 heteroatoms.